The Morgan fingerprint density at radius 1 is 1.27 bits per heavy atom. The van der Waals surface area contributed by atoms with Gasteiger partial charge in [-0.1, -0.05) is 0 Å². The monoisotopic (exact) mass is 223 g/mol. The lowest BCUT2D eigenvalue weighted by molar-refractivity contribution is 0.996. The molecule has 2 aromatic rings. The predicted molar refractivity (Wildman–Crippen MR) is 65.9 cm³/mol. The fraction of sp³-hybridized carbons (Fsp3) is 0.300. The molecule has 0 aliphatic carbocycles. The van der Waals surface area contributed by atoms with Crippen LogP contribution in [0, 0.1) is 0 Å². The minimum absolute atomic E-state index is 0.169. The summed E-state index contributed by atoms with van der Waals surface area (Å²) in [4.78, 5) is 16.4. The van der Waals surface area contributed by atoms with Crippen molar-refractivity contribution >= 4 is 29.3 Å². The van der Waals surface area contributed by atoms with Gasteiger partial charge in [0.15, 0.2) is 0 Å². The quantitative estimate of drug-likeness (QED) is 0.470. The second kappa shape index (κ2) is 4.44. The van der Waals surface area contributed by atoms with Crippen LogP contribution in [0.5, 0.6) is 0 Å². The van der Waals surface area contributed by atoms with Crippen LogP contribution in [0.4, 0.5) is 5.69 Å². The van der Waals surface area contributed by atoms with Gasteiger partial charge >= 0.3 is 5.69 Å². The number of H-pyrrole nitrogens is 2. The highest BCUT2D eigenvalue weighted by atomic mass is 32.1. The topological polar surface area (TPSA) is 60.7 Å². The standard InChI is InChI=1S/C10H13N3OS/c14-10-12-8-3-2-7(6-9(8)13-10)11-4-1-5-15/h2-3,6,11,15H,1,4-5H2,(H2,12,13,14). The van der Waals surface area contributed by atoms with Crippen LogP contribution in [0.25, 0.3) is 11.0 Å². The highest BCUT2D eigenvalue weighted by Crippen LogP contribution is 2.14. The summed E-state index contributed by atoms with van der Waals surface area (Å²) >= 11 is 4.14. The lowest BCUT2D eigenvalue weighted by atomic mass is 10.2. The molecule has 3 N–H and O–H groups in total. The van der Waals surface area contributed by atoms with E-state index in [0.29, 0.717) is 0 Å². The molecule has 0 bridgehead atoms. The predicted octanol–water partition coefficient (Wildman–Crippen LogP) is 1.59. The van der Waals surface area contributed by atoms with E-state index in [4.69, 9.17) is 0 Å². The molecule has 1 aromatic carbocycles. The van der Waals surface area contributed by atoms with Crippen molar-refractivity contribution in [1.29, 1.82) is 0 Å². The van der Waals surface area contributed by atoms with Crippen LogP contribution in [0.15, 0.2) is 23.0 Å². The van der Waals surface area contributed by atoms with E-state index >= 15 is 0 Å². The van der Waals surface area contributed by atoms with Crippen LogP contribution in [-0.2, 0) is 0 Å². The Labute approximate surface area is 92.5 Å². The average molecular weight is 223 g/mol. The van der Waals surface area contributed by atoms with Crippen LogP contribution in [0.2, 0.25) is 0 Å². The van der Waals surface area contributed by atoms with Crippen molar-refractivity contribution in [1.82, 2.24) is 9.97 Å². The normalized spacial score (nSPS) is 10.7. The molecule has 0 spiro atoms. The lowest BCUT2D eigenvalue weighted by Gasteiger charge is -2.04. The molecular weight excluding hydrogens is 210 g/mol. The van der Waals surface area contributed by atoms with Gasteiger partial charge < -0.3 is 15.3 Å². The van der Waals surface area contributed by atoms with Crippen LogP contribution < -0.4 is 11.0 Å². The van der Waals surface area contributed by atoms with Crippen molar-refractivity contribution in [3.63, 3.8) is 0 Å². The number of aromatic amines is 2. The Morgan fingerprint density at radius 2 is 2.07 bits per heavy atom. The minimum Gasteiger partial charge on any atom is -0.385 e. The van der Waals surface area contributed by atoms with Gasteiger partial charge in [-0.15, -0.1) is 0 Å². The molecule has 0 aliphatic heterocycles. The zero-order chi connectivity index (χ0) is 10.7. The molecule has 5 heteroatoms. The summed E-state index contributed by atoms with van der Waals surface area (Å²) in [5.41, 5.74) is 2.51. The smallest absolute Gasteiger partial charge is 0.323 e. The zero-order valence-electron chi connectivity index (χ0n) is 8.21. The summed E-state index contributed by atoms with van der Waals surface area (Å²) in [6.07, 6.45) is 1.02. The van der Waals surface area contributed by atoms with Crippen LogP contribution in [0.3, 0.4) is 0 Å². The van der Waals surface area contributed by atoms with Gasteiger partial charge in [0.05, 0.1) is 11.0 Å². The molecule has 0 radical (unpaired) electrons. The van der Waals surface area contributed by atoms with E-state index in [1.165, 1.54) is 0 Å². The van der Waals surface area contributed by atoms with E-state index in [2.05, 4.69) is 27.9 Å². The second-order valence-corrected chi connectivity index (χ2v) is 3.79. The minimum atomic E-state index is -0.169. The number of nitrogens with one attached hydrogen (secondary N) is 3. The van der Waals surface area contributed by atoms with Crippen molar-refractivity contribution in [2.24, 2.45) is 0 Å². The number of hydrogen-bond donors (Lipinski definition) is 4. The van der Waals surface area contributed by atoms with Crippen molar-refractivity contribution < 1.29 is 0 Å². The van der Waals surface area contributed by atoms with E-state index in [-0.39, 0.29) is 5.69 Å². The fourth-order valence-corrected chi connectivity index (χ4v) is 1.61. The number of aromatic nitrogens is 2. The number of rotatable bonds is 4. The molecule has 0 unspecified atom stereocenters. The molecule has 0 saturated carbocycles. The average Bonchev–Trinajstić information content (AvgIpc) is 2.57. The first-order valence-electron chi connectivity index (χ1n) is 4.86. The summed E-state index contributed by atoms with van der Waals surface area (Å²) in [5.74, 6) is 0.871. The van der Waals surface area contributed by atoms with Gasteiger partial charge in [-0.3, -0.25) is 0 Å². The molecule has 4 nitrogen and oxygen atoms in total. The third-order valence-electron chi connectivity index (χ3n) is 2.18. The van der Waals surface area contributed by atoms with E-state index < -0.39 is 0 Å². The van der Waals surface area contributed by atoms with Crippen molar-refractivity contribution in [3.05, 3.63) is 28.7 Å². The van der Waals surface area contributed by atoms with Gasteiger partial charge in [0.25, 0.3) is 0 Å². The summed E-state index contributed by atoms with van der Waals surface area (Å²) in [7, 11) is 0. The fourth-order valence-electron chi connectivity index (χ4n) is 1.45. The third kappa shape index (κ3) is 2.36. The van der Waals surface area contributed by atoms with E-state index in [1.807, 2.05) is 18.2 Å². The van der Waals surface area contributed by atoms with Gasteiger partial charge in [-0.05, 0) is 30.4 Å². The molecular formula is C10H13N3OS. The van der Waals surface area contributed by atoms with E-state index in [0.717, 1.165) is 35.4 Å². The first kappa shape index (κ1) is 10.2. The maximum absolute atomic E-state index is 11.0. The van der Waals surface area contributed by atoms with Gasteiger partial charge in [-0.2, -0.15) is 12.6 Å². The Morgan fingerprint density at radius 3 is 2.87 bits per heavy atom. The van der Waals surface area contributed by atoms with Gasteiger partial charge in [0.1, 0.15) is 0 Å². The summed E-state index contributed by atoms with van der Waals surface area (Å²) in [6, 6.07) is 5.76. The van der Waals surface area contributed by atoms with Gasteiger partial charge in [0.2, 0.25) is 0 Å². The molecule has 0 fully saturated rings. The molecule has 1 heterocycles. The zero-order valence-corrected chi connectivity index (χ0v) is 9.10. The highest BCUT2D eigenvalue weighted by Gasteiger charge is 1.98. The Bertz CT molecular complexity index is 503. The summed E-state index contributed by atoms with van der Waals surface area (Å²) in [6.45, 7) is 0.893. The number of anilines is 1. The molecule has 0 saturated heterocycles. The van der Waals surface area contributed by atoms with E-state index in [9.17, 15) is 4.79 Å². The first-order valence-corrected chi connectivity index (χ1v) is 5.49. The van der Waals surface area contributed by atoms with Crippen LogP contribution >= 0.6 is 12.6 Å². The molecule has 2 rings (SSSR count). The maximum Gasteiger partial charge on any atom is 0.323 e. The Balaban J connectivity index is 2.19. The SMILES string of the molecule is O=c1[nH]c2ccc(NCCCS)cc2[nH]1. The van der Waals surface area contributed by atoms with Crippen molar-refractivity contribution in [2.45, 2.75) is 6.42 Å². The van der Waals surface area contributed by atoms with Crippen LogP contribution in [-0.4, -0.2) is 22.3 Å². The van der Waals surface area contributed by atoms with Gasteiger partial charge in [0, 0.05) is 12.2 Å². The third-order valence-corrected chi connectivity index (χ3v) is 2.50. The number of hydrogen-bond acceptors (Lipinski definition) is 3. The molecule has 80 valence electrons. The maximum atomic E-state index is 11.0. The first-order chi connectivity index (χ1) is 7.29. The Kier molecular flexibility index (Phi) is 3.01. The van der Waals surface area contributed by atoms with Gasteiger partial charge in [-0.25, -0.2) is 4.79 Å². The van der Waals surface area contributed by atoms with E-state index in [1.54, 1.807) is 0 Å². The lowest BCUT2D eigenvalue weighted by Crippen LogP contribution is -2.01. The summed E-state index contributed by atoms with van der Waals surface area (Å²) in [5, 5.41) is 3.26. The number of benzene rings is 1. The van der Waals surface area contributed by atoms with Crippen molar-refractivity contribution in [2.75, 3.05) is 17.6 Å². The van der Waals surface area contributed by atoms with Crippen molar-refractivity contribution in [3.8, 4) is 0 Å². The summed E-state index contributed by atoms with van der Waals surface area (Å²) < 4.78 is 0. The highest BCUT2D eigenvalue weighted by molar-refractivity contribution is 7.80. The largest absolute Gasteiger partial charge is 0.385 e. The second-order valence-electron chi connectivity index (χ2n) is 3.34. The van der Waals surface area contributed by atoms with Crippen LogP contribution in [0.1, 0.15) is 6.42 Å². The number of imidazole rings is 1. The number of fused-ring (bicyclic) bond motifs is 1. The molecule has 0 amide bonds. The Hall–Kier alpha value is -1.36. The molecule has 0 aliphatic rings. The molecule has 0 atom stereocenters. The number of thiol groups is 1. The molecule has 15 heavy (non-hydrogen) atoms. The molecule has 1 aromatic heterocycles.